The molecule has 0 aromatic heterocycles. The lowest BCUT2D eigenvalue weighted by molar-refractivity contribution is -0.131. The zero-order chi connectivity index (χ0) is 22.4. The highest BCUT2D eigenvalue weighted by Crippen LogP contribution is 2.25. The first kappa shape index (κ1) is 22.5. The molecule has 8 heteroatoms. The third kappa shape index (κ3) is 6.13. The summed E-state index contributed by atoms with van der Waals surface area (Å²) in [6.07, 6.45) is 2.68. The van der Waals surface area contributed by atoms with Gasteiger partial charge in [0.25, 0.3) is 11.8 Å². The number of benzene rings is 2. The Bertz CT molecular complexity index is 924. The van der Waals surface area contributed by atoms with Crippen LogP contribution in [0.4, 0.5) is 5.69 Å². The van der Waals surface area contributed by atoms with Crippen molar-refractivity contribution in [3.63, 3.8) is 0 Å². The minimum Gasteiger partial charge on any atom is -0.340 e. The molecule has 3 rings (SSSR count). The average molecular weight is 425 g/mol. The third-order valence-electron chi connectivity index (χ3n) is 5.35. The van der Waals surface area contributed by atoms with Crippen LogP contribution in [0.1, 0.15) is 36.5 Å². The fourth-order valence-corrected chi connectivity index (χ4v) is 3.30. The molecule has 1 aliphatic rings. The molecular formula is C23H28N4O4. The summed E-state index contributed by atoms with van der Waals surface area (Å²) in [6.45, 7) is 2.12. The van der Waals surface area contributed by atoms with Gasteiger partial charge in [0.2, 0.25) is 5.91 Å². The standard InChI is InChI=1S/C23H28N4O4/c1-3-20(23(30)26-31)25-22(29)17-6-4-15(5-7-17)16-8-10-18(11-9-16)24-21(28)14-27(2)19-12-13-19/h4-11,19-20,31H,3,12-14H2,1-2H3,(H,24,28)(H,25,29)(H,26,30)/t20-/m0/s1. The van der Waals surface area contributed by atoms with Gasteiger partial charge in [0.15, 0.2) is 0 Å². The quantitative estimate of drug-likeness (QED) is 0.365. The van der Waals surface area contributed by atoms with E-state index in [0.717, 1.165) is 29.7 Å². The van der Waals surface area contributed by atoms with E-state index in [-0.39, 0.29) is 5.91 Å². The molecule has 2 aromatic rings. The first-order valence-corrected chi connectivity index (χ1v) is 10.4. The molecule has 0 radical (unpaired) electrons. The van der Waals surface area contributed by atoms with E-state index in [1.54, 1.807) is 24.5 Å². The van der Waals surface area contributed by atoms with Crippen LogP contribution in [-0.2, 0) is 9.59 Å². The van der Waals surface area contributed by atoms with E-state index in [2.05, 4.69) is 15.5 Å². The van der Waals surface area contributed by atoms with Crippen molar-refractivity contribution in [1.29, 1.82) is 0 Å². The summed E-state index contributed by atoms with van der Waals surface area (Å²) in [4.78, 5) is 38.1. The molecule has 0 heterocycles. The highest BCUT2D eigenvalue weighted by Gasteiger charge is 2.27. The number of rotatable bonds is 9. The fourth-order valence-electron chi connectivity index (χ4n) is 3.30. The first-order valence-electron chi connectivity index (χ1n) is 10.4. The molecule has 0 aliphatic heterocycles. The Labute approximate surface area is 181 Å². The number of nitrogens with zero attached hydrogens (tertiary/aromatic N) is 1. The van der Waals surface area contributed by atoms with Crippen LogP contribution in [0.2, 0.25) is 0 Å². The predicted molar refractivity (Wildman–Crippen MR) is 118 cm³/mol. The van der Waals surface area contributed by atoms with Crippen LogP contribution in [0.25, 0.3) is 11.1 Å². The molecule has 1 saturated carbocycles. The molecule has 3 amide bonds. The van der Waals surface area contributed by atoms with Gasteiger partial charge in [0, 0.05) is 17.3 Å². The lowest BCUT2D eigenvalue weighted by Gasteiger charge is -2.15. The average Bonchev–Trinajstić information content (AvgIpc) is 3.63. The van der Waals surface area contributed by atoms with E-state index in [9.17, 15) is 14.4 Å². The fraction of sp³-hybridized carbons (Fsp3) is 0.348. The van der Waals surface area contributed by atoms with Crippen molar-refractivity contribution in [2.45, 2.75) is 38.3 Å². The number of amides is 3. The van der Waals surface area contributed by atoms with Gasteiger partial charge in [-0.1, -0.05) is 31.2 Å². The SMILES string of the molecule is CC[C@H](NC(=O)c1ccc(-c2ccc(NC(=O)CN(C)C3CC3)cc2)cc1)C(=O)NO. The maximum Gasteiger partial charge on any atom is 0.265 e. The van der Waals surface area contributed by atoms with Crippen LogP contribution >= 0.6 is 0 Å². The summed E-state index contributed by atoms with van der Waals surface area (Å²) >= 11 is 0. The number of likely N-dealkylation sites (N-methyl/N-ethyl adjacent to an activating group) is 1. The summed E-state index contributed by atoms with van der Waals surface area (Å²) in [5.74, 6) is -1.08. The molecule has 1 atom stereocenters. The number of anilines is 1. The molecular weight excluding hydrogens is 396 g/mol. The summed E-state index contributed by atoms with van der Waals surface area (Å²) in [6, 6.07) is 14.3. The van der Waals surface area contributed by atoms with Gasteiger partial charge < -0.3 is 10.6 Å². The van der Waals surface area contributed by atoms with Crippen LogP contribution in [0, 0.1) is 0 Å². The van der Waals surface area contributed by atoms with Gasteiger partial charge in [-0.2, -0.15) is 0 Å². The second kappa shape index (κ2) is 10.2. The van der Waals surface area contributed by atoms with Gasteiger partial charge in [-0.25, -0.2) is 5.48 Å². The van der Waals surface area contributed by atoms with Gasteiger partial charge in [-0.3, -0.25) is 24.5 Å². The molecule has 0 saturated heterocycles. The number of carbonyl (C=O) groups excluding carboxylic acids is 3. The Morgan fingerprint density at radius 2 is 1.61 bits per heavy atom. The van der Waals surface area contributed by atoms with Gasteiger partial charge in [-0.15, -0.1) is 0 Å². The Morgan fingerprint density at radius 1 is 1.03 bits per heavy atom. The molecule has 0 spiro atoms. The van der Waals surface area contributed by atoms with E-state index < -0.39 is 17.9 Å². The second-order valence-corrected chi connectivity index (χ2v) is 7.76. The molecule has 164 valence electrons. The van der Waals surface area contributed by atoms with Crippen LogP contribution in [0.3, 0.4) is 0 Å². The first-order chi connectivity index (χ1) is 14.9. The Kier molecular flexibility index (Phi) is 7.38. The summed E-state index contributed by atoms with van der Waals surface area (Å²) in [5.41, 5.74) is 4.58. The third-order valence-corrected chi connectivity index (χ3v) is 5.35. The second-order valence-electron chi connectivity index (χ2n) is 7.76. The molecule has 8 nitrogen and oxygen atoms in total. The van der Waals surface area contributed by atoms with Crippen molar-refractivity contribution in [2.24, 2.45) is 0 Å². The number of nitrogens with one attached hydrogen (secondary N) is 3. The van der Waals surface area contributed by atoms with Crippen LogP contribution in [-0.4, -0.2) is 53.5 Å². The van der Waals surface area contributed by atoms with Crippen LogP contribution in [0.5, 0.6) is 0 Å². The van der Waals surface area contributed by atoms with E-state index in [4.69, 9.17) is 5.21 Å². The topological polar surface area (TPSA) is 111 Å². The van der Waals surface area contributed by atoms with Crippen molar-refractivity contribution in [3.8, 4) is 11.1 Å². The molecule has 1 aliphatic carbocycles. The molecule has 2 aromatic carbocycles. The van der Waals surface area contributed by atoms with Gasteiger partial charge >= 0.3 is 0 Å². The van der Waals surface area contributed by atoms with E-state index in [0.29, 0.717) is 24.6 Å². The minimum absolute atomic E-state index is 0.0298. The summed E-state index contributed by atoms with van der Waals surface area (Å²) in [5, 5.41) is 14.2. The summed E-state index contributed by atoms with van der Waals surface area (Å²) < 4.78 is 0. The maximum absolute atomic E-state index is 12.3. The highest BCUT2D eigenvalue weighted by molar-refractivity contribution is 5.97. The highest BCUT2D eigenvalue weighted by atomic mass is 16.5. The Hall–Kier alpha value is -3.23. The van der Waals surface area contributed by atoms with Crippen molar-refractivity contribution < 1.29 is 19.6 Å². The zero-order valence-corrected chi connectivity index (χ0v) is 17.7. The number of carbonyl (C=O) groups is 3. The Balaban J connectivity index is 1.58. The van der Waals surface area contributed by atoms with E-state index >= 15 is 0 Å². The summed E-state index contributed by atoms with van der Waals surface area (Å²) in [7, 11) is 1.97. The smallest absolute Gasteiger partial charge is 0.265 e. The van der Waals surface area contributed by atoms with E-state index in [1.807, 2.05) is 43.4 Å². The molecule has 1 fully saturated rings. The number of hydrogen-bond acceptors (Lipinski definition) is 5. The van der Waals surface area contributed by atoms with Crippen molar-refractivity contribution in [2.75, 3.05) is 18.9 Å². The molecule has 0 unspecified atom stereocenters. The van der Waals surface area contributed by atoms with E-state index in [1.165, 1.54) is 0 Å². The zero-order valence-electron chi connectivity index (χ0n) is 17.7. The van der Waals surface area contributed by atoms with Crippen LogP contribution in [0.15, 0.2) is 48.5 Å². The number of hydrogen-bond donors (Lipinski definition) is 4. The van der Waals surface area contributed by atoms with Gasteiger partial charge in [0.05, 0.1) is 6.54 Å². The molecule has 0 bridgehead atoms. The lowest BCUT2D eigenvalue weighted by Crippen LogP contribution is -2.45. The van der Waals surface area contributed by atoms with Crippen molar-refractivity contribution >= 4 is 23.4 Å². The van der Waals surface area contributed by atoms with Crippen molar-refractivity contribution in [3.05, 3.63) is 54.1 Å². The van der Waals surface area contributed by atoms with Crippen LogP contribution < -0.4 is 16.1 Å². The molecule has 31 heavy (non-hydrogen) atoms. The number of hydroxylamine groups is 1. The minimum atomic E-state index is -0.802. The predicted octanol–water partition coefficient (Wildman–Crippen LogP) is 2.40. The Morgan fingerprint density at radius 3 is 2.13 bits per heavy atom. The van der Waals surface area contributed by atoms with Gasteiger partial charge in [-0.05, 0) is 61.7 Å². The van der Waals surface area contributed by atoms with Gasteiger partial charge in [0.1, 0.15) is 6.04 Å². The normalized spacial score (nSPS) is 14.1. The lowest BCUT2D eigenvalue weighted by atomic mass is 10.0. The van der Waals surface area contributed by atoms with Crippen molar-refractivity contribution in [1.82, 2.24) is 15.7 Å². The maximum atomic E-state index is 12.3. The largest absolute Gasteiger partial charge is 0.340 e. The monoisotopic (exact) mass is 424 g/mol. The molecule has 4 N–H and O–H groups in total.